The van der Waals surface area contributed by atoms with Crippen LogP contribution in [0.2, 0.25) is 0 Å². The van der Waals surface area contributed by atoms with Crippen LogP contribution in [0.15, 0.2) is 36.4 Å². The van der Waals surface area contributed by atoms with Crippen molar-refractivity contribution in [3.05, 3.63) is 70.3 Å². The average molecular weight is 564 g/mol. The van der Waals surface area contributed by atoms with Gasteiger partial charge in [-0.2, -0.15) is 0 Å². The quantitative estimate of drug-likeness (QED) is 0.250. The zero-order chi connectivity index (χ0) is 29.8. The molecule has 0 saturated carbocycles. The molecule has 0 aliphatic rings. The second kappa shape index (κ2) is 16.4. The third-order valence-corrected chi connectivity index (χ3v) is 6.67. The Bertz CT molecular complexity index is 1090. The van der Waals surface area contributed by atoms with E-state index in [1.807, 2.05) is 20.8 Å². The van der Waals surface area contributed by atoms with Crippen LogP contribution in [0.5, 0.6) is 0 Å². The highest BCUT2D eigenvalue weighted by molar-refractivity contribution is 6.00. The maximum Gasteiger partial charge on any atom is 0.253 e. The van der Waals surface area contributed by atoms with Gasteiger partial charge in [-0.15, -0.1) is 0 Å². The summed E-state index contributed by atoms with van der Waals surface area (Å²) in [5, 5.41) is 33.8. The number of benzene rings is 2. The SMILES string of the molecule is CCCN(CCC)C(=O)c1cc(C)cc(C(=O)N[C@@H](Cc2cc(F)cc(F)c2)[C@H](O)[C@@H](O)CN(CC)CCO)c1. The Morgan fingerprint density at radius 1 is 0.900 bits per heavy atom. The van der Waals surface area contributed by atoms with Crippen molar-refractivity contribution in [1.82, 2.24) is 15.1 Å². The minimum atomic E-state index is -1.50. The van der Waals surface area contributed by atoms with E-state index >= 15 is 0 Å². The predicted molar refractivity (Wildman–Crippen MR) is 150 cm³/mol. The number of carbonyl (C=O) groups is 2. The molecule has 0 spiro atoms. The maximum absolute atomic E-state index is 13.9. The molecule has 0 fully saturated rings. The fourth-order valence-corrected chi connectivity index (χ4v) is 4.73. The number of aliphatic hydroxyl groups is 3. The first-order chi connectivity index (χ1) is 19.0. The van der Waals surface area contributed by atoms with Crippen LogP contribution in [0.25, 0.3) is 0 Å². The number of nitrogens with one attached hydrogen (secondary N) is 1. The number of aliphatic hydroxyl groups excluding tert-OH is 3. The zero-order valence-electron chi connectivity index (χ0n) is 23.9. The number of amides is 2. The fourth-order valence-electron chi connectivity index (χ4n) is 4.73. The lowest BCUT2D eigenvalue weighted by Crippen LogP contribution is -2.52. The van der Waals surface area contributed by atoms with Gasteiger partial charge in [-0.25, -0.2) is 8.78 Å². The second-order valence-corrected chi connectivity index (χ2v) is 10.1. The van der Waals surface area contributed by atoms with Gasteiger partial charge in [0.05, 0.1) is 18.8 Å². The third-order valence-electron chi connectivity index (χ3n) is 6.67. The molecule has 0 unspecified atom stereocenters. The van der Waals surface area contributed by atoms with Crippen LogP contribution in [0, 0.1) is 18.6 Å². The topological polar surface area (TPSA) is 113 Å². The van der Waals surface area contributed by atoms with Crippen LogP contribution >= 0.6 is 0 Å². The number of carbonyl (C=O) groups excluding carboxylic acids is 2. The lowest BCUT2D eigenvalue weighted by molar-refractivity contribution is -0.0216. The Labute approximate surface area is 235 Å². The van der Waals surface area contributed by atoms with Gasteiger partial charge >= 0.3 is 0 Å². The third kappa shape index (κ3) is 9.92. The van der Waals surface area contributed by atoms with Gasteiger partial charge in [-0.05, 0) is 74.2 Å². The van der Waals surface area contributed by atoms with Crippen LogP contribution in [-0.2, 0) is 6.42 Å². The van der Waals surface area contributed by atoms with Gasteiger partial charge in [0.1, 0.15) is 17.7 Å². The van der Waals surface area contributed by atoms with Gasteiger partial charge in [-0.3, -0.25) is 14.5 Å². The van der Waals surface area contributed by atoms with E-state index in [2.05, 4.69) is 5.32 Å². The smallest absolute Gasteiger partial charge is 0.253 e. The van der Waals surface area contributed by atoms with Crippen molar-refractivity contribution in [2.24, 2.45) is 0 Å². The van der Waals surface area contributed by atoms with Gasteiger partial charge in [-0.1, -0.05) is 20.8 Å². The number of halogens is 2. The molecule has 4 N–H and O–H groups in total. The van der Waals surface area contributed by atoms with Crippen LogP contribution in [-0.4, -0.2) is 94.5 Å². The molecular formula is C30H43F2N3O5. The molecule has 0 aliphatic heterocycles. The molecule has 10 heteroatoms. The zero-order valence-corrected chi connectivity index (χ0v) is 23.9. The molecule has 0 radical (unpaired) electrons. The molecule has 2 rings (SSSR count). The van der Waals surface area contributed by atoms with Crippen molar-refractivity contribution in [1.29, 1.82) is 0 Å². The molecule has 0 heterocycles. The molecule has 8 nitrogen and oxygen atoms in total. The van der Waals surface area contributed by atoms with Crippen molar-refractivity contribution in [2.45, 2.75) is 65.2 Å². The van der Waals surface area contributed by atoms with Crippen LogP contribution < -0.4 is 5.32 Å². The standard InChI is InChI=1S/C30H43F2N3O5/c1-5-8-35(9-6-2)30(40)23-13-20(4)12-22(17-23)29(39)33-26(16-21-14-24(31)18-25(32)15-21)28(38)27(37)19-34(7-3)10-11-36/h12-15,17-18,26-28,36-38H,5-11,16,19H2,1-4H3,(H,33,39)/t26-,27-,28-/m0/s1. The molecule has 0 bridgehead atoms. The van der Waals surface area contributed by atoms with Crippen LogP contribution in [0.4, 0.5) is 8.78 Å². The first kappa shape index (κ1) is 33.3. The minimum Gasteiger partial charge on any atom is -0.395 e. The van der Waals surface area contributed by atoms with E-state index < -0.39 is 35.8 Å². The summed E-state index contributed by atoms with van der Waals surface area (Å²) in [5.74, 6) is -2.40. The van der Waals surface area contributed by atoms with Gasteiger partial charge in [0.15, 0.2) is 0 Å². The van der Waals surface area contributed by atoms with E-state index in [4.69, 9.17) is 0 Å². The van der Waals surface area contributed by atoms with Crippen LogP contribution in [0.3, 0.4) is 0 Å². The van der Waals surface area contributed by atoms with Gasteiger partial charge < -0.3 is 25.5 Å². The Hall–Kier alpha value is -2.92. The summed E-state index contributed by atoms with van der Waals surface area (Å²) < 4.78 is 27.8. The van der Waals surface area contributed by atoms with Crippen LogP contribution in [0.1, 0.15) is 65.5 Å². The highest BCUT2D eigenvalue weighted by atomic mass is 19.1. The molecular weight excluding hydrogens is 520 g/mol. The largest absolute Gasteiger partial charge is 0.395 e. The Morgan fingerprint density at radius 3 is 2.05 bits per heavy atom. The molecule has 2 aromatic rings. The molecule has 2 aromatic carbocycles. The van der Waals surface area contributed by atoms with Crippen molar-refractivity contribution >= 4 is 11.8 Å². The number of aryl methyl sites for hydroxylation is 1. The predicted octanol–water partition coefficient (Wildman–Crippen LogP) is 2.91. The number of hydrogen-bond acceptors (Lipinski definition) is 6. The highest BCUT2D eigenvalue weighted by Crippen LogP contribution is 2.17. The first-order valence-electron chi connectivity index (χ1n) is 13.9. The second-order valence-electron chi connectivity index (χ2n) is 10.1. The summed E-state index contributed by atoms with van der Waals surface area (Å²) in [7, 11) is 0. The molecule has 40 heavy (non-hydrogen) atoms. The maximum atomic E-state index is 13.9. The van der Waals surface area contributed by atoms with E-state index in [9.17, 15) is 33.7 Å². The summed E-state index contributed by atoms with van der Waals surface area (Å²) in [4.78, 5) is 30.1. The highest BCUT2D eigenvalue weighted by Gasteiger charge is 2.30. The summed E-state index contributed by atoms with van der Waals surface area (Å²) in [6.07, 6.45) is -1.41. The number of likely N-dealkylation sites (N-methyl/N-ethyl adjacent to an activating group) is 1. The van der Waals surface area contributed by atoms with Crippen molar-refractivity contribution in [3.8, 4) is 0 Å². The van der Waals surface area contributed by atoms with E-state index in [0.29, 0.717) is 30.8 Å². The summed E-state index contributed by atoms with van der Waals surface area (Å²) in [6, 6.07) is 6.62. The van der Waals surface area contributed by atoms with Crippen molar-refractivity contribution in [2.75, 3.05) is 39.3 Å². The van der Waals surface area contributed by atoms with Crippen molar-refractivity contribution < 1.29 is 33.7 Å². The molecule has 0 aliphatic carbocycles. The normalized spacial score (nSPS) is 13.7. The summed E-state index contributed by atoms with van der Waals surface area (Å²) in [5.41, 5.74) is 1.42. The molecule has 2 amide bonds. The number of rotatable bonds is 16. The Kier molecular flexibility index (Phi) is 13.6. The molecule has 222 valence electrons. The van der Waals surface area contributed by atoms with E-state index in [0.717, 1.165) is 31.0 Å². The minimum absolute atomic E-state index is 0.00982. The Balaban J connectivity index is 2.36. The summed E-state index contributed by atoms with van der Waals surface area (Å²) >= 11 is 0. The first-order valence-corrected chi connectivity index (χ1v) is 13.9. The van der Waals surface area contributed by atoms with Gasteiger partial charge in [0.25, 0.3) is 11.8 Å². The lowest BCUT2D eigenvalue weighted by Gasteiger charge is -2.31. The Morgan fingerprint density at radius 2 is 1.50 bits per heavy atom. The fraction of sp³-hybridized carbons (Fsp3) is 0.533. The molecule has 0 aromatic heterocycles. The van der Waals surface area contributed by atoms with E-state index in [-0.39, 0.29) is 43.2 Å². The van der Waals surface area contributed by atoms with E-state index in [1.54, 1.807) is 28.9 Å². The lowest BCUT2D eigenvalue weighted by atomic mass is 9.96. The monoisotopic (exact) mass is 563 g/mol. The summed E-state index contributed by atoms with van der Waals surface area (Å²) in [6.45, 7) is 9.40. The van der Waals surface area contributed by atoms with Gasteiger partial charge in [0, 0.05) is 43.4 Å². The van der Waals surface area contributed by atoms with Crippen molar-refractivity contribution in [3.63, 3.8) is 0 Å². The molecule has 3 atom stereocenters. The number of nitrogens with zero attached hydrogens (tertiary/aromatic N) is 2. The van der Waals surface area contributed by atoms with Gasteiger partial charge in [0.2, 0.25) is 0 Å². The van der Waals surface area contributed by atoms with E-state index in [1.165, 1.54) is 6.07 Å². The average Bonchev–Trinajstić information content (AvgIpc) is 2.90. The molecule has 0 saturated heterocycles. The number of hydrogen-bond donors (Lipinski definition) is 4.